The standard InChI is InChI=1S/C11H11N5O2S/c1-6-4-9(17)15-11(14-6)19-7-2-3-13-8(5-7)10(12)16-18/h2-5,18H,1H3,(H2,12,16)(H,14,15,17). The number of amidine groups is 1. The maximum Gasteiger partial charge on any atom is 0.251 e. The molecular formula is C11H11N5O2S. The summed E-state index contributed by atoms with van der Waals surface area (Å²) in [6.07, 6.45) is 1.53. The van der Waals surface area contributed by atoms with Gasteiger partial charge in [-0.25, -0.2) is 4.98 Å². The molecule has 0 fully saturated rings. The first-order valence-corrected chi connectivity index (χ1v) is 6.10. The number of nitrogens with two attached hydrogens (primary N) is 1. The van der Waals surface area contributed by atoms with E-state index in [2.05, 4.69) is 20.1 Å². The number of aromatic nitrogens is 3. The lowest BCUT2D eigenvalue weighted by Crippen LogP contribution is -2.14. The number of rotatable bonds is 3. The number of nitrogens with one attached hydrogen (secondary N) is 1. The van der Waals surface area contributed by atoms with Crippen LogP contribution in [-0.2, 0) is 0 Å². The van der Waals surface area contributed by atoms with Crippen molar-refractivity contribution in [2.24, 2.45) is 10.9 Å². The number of hydrogen-bond donors (Lipinski definition) is 3. The lowest BCUT2D eigenvalue weighted by Gasteiger charge is -2.03. The van der Waals surface area contributed by atoms with Crippen molar-refractivity contribution in [3.8, 4) is 0 Å². The second-order valence-electron chi connectivity index (χ2n) is 3.66. The summed E-state index contributed by atoms with van der Waals surface area (Å²) in [6, 6.07) is 4.79. The third-order valence-corrected chi connectivity index (χ3v) is 3.04. The van der Waals surface area contributed by atoms with Crippen LogP contribution in [0.3, 0.4) is 0 Å². The van der Waals surface area contributed by atoms with Gasteiger partial charge >= 0.3 is 0 Å². The Balaban J connectivity index is 2.31. The van der Waals surface area contributed by atoms with Gasteiger partial charge in [0.15, 0.2) is 11.0 Å². The number of pyridine rings is 1. The number of aromatic amines is 1. The fraction of sp³-hybridized carbons (Fsp3) is 0.0909. The molecule has 0 saturated carbocycles. The first-order chi connectivity index (χ1) is 9.08. The quantitative estimate of drug-likeness (QED) is 0.250. The molecule has 0 bridgehead atoms. The zero-order valence-electron chi connectivity index (χ0n) is 9.99. The van der Waals surface area contributed by atoms with Gasteiger partial charge in [0.05, 0.1) is 0 Å². The largest absolute Gasteiger partial charge is 0.409 e. The van der Waals surface area contributed by atoms with Gasteiger partial charge < -0.3 is 15.9 Å². The van der Waals surface area contributed by atoms with Crippen molar-refractivity contribution in [2.75, 3.05) is 0 Å². The number of hydrogen-bond acceptors (Lipinski definition) is 6. The number of H-pyrrole nitrogens is 1. The van der Waals surface area contributed by atoms with Gasteiger partial charge in [0.2, 0.25) is 0 Å². The highest BCUT2D eigenvalue weighted by molar-refractivity contribution is 7.99. The summed E-state index contributed by atoms with van der Waals surface area (Å²) in [5.74, 6) is -0.0758. The minimum atomic E-state index is -0.208. The van der Waals surface area contributed by atoms with Crippen LogP contribution in [-0.4, -0.2) is 26.0 Å². The van der Waals surface area contributed by atoms with Crippen LogP contribution >= 0.6 is 11.8 Å². The van der Waals surface area contributed by atoms with Gasteiger partial charge in [0.1, 0.15) is 5.69 Å². The summed E-state index contributed by atoms with van der Waals surface area (Å²) >= 11 is 1.26. The molecule has 4 N–H and O–H groups in total. The fourth-order valence-electron chi connectivity index (χ4n) is 1.38. The van der Waals surface area contributed by atoms with E-state index in [0.29, 0.717) is 16.5 Å². The van der Waals surface area contributed by atoms with E-state index in [1.807, 2.05) is 0 Å². The van der Waals surface area contributed by atoms with Crippen molar-refractivity contribution in [3.05, 3.63) is 46.1 Å². The van der Waals surface area contributed by atoms with Crippen LogP contribution in [0.4, 0.5) is 0 Å². The van der Waals surface area contributed by atoms with Crippen molar-refractivity contribution in [2.45, 2.75) is 17.0 Å². The maximum absolute atomic E-state index is 11.3. The van der Waals surface area contributed by atoms with E-state index in [1.165, 1.54) is 24.0 Å². The number of aryl methyl sites for hydroxylation is 1. The molecule has 19 heavy (non-hydrogen) atoms. The van der Waals surface area contributed by atoms with Gasteiger partial charge in [-0.2, -0.15) is 0 Å². The van der Waals surface area contributed by atoms with Crippen LogP contribution in [0, 0.1) is 6.92 Å². The van der Waals surface area contributed by atoms with Crippen molar-refractivity contribution >= 4 is 17.6 Å². The van der Waals surface area contributed by atoms with Gasteiger partial charge in [-0.15, -0.1) is 0 Å². The molecular weight excluding hydrogens is 266 g/mol. The van der Waals surface area contributed by atoms with Gasteiger partial charge in [-0.3, -0.25) is 9.78 Å². The highest BCUT2D eigenvalue weighted by atomic mass is 32.2. The van der Waals surface area contributed by atoms with E-state index in [-0.39, 0.29) is 11.4 Å². The van der Waals surface area contributed by atoms with E-state index in [9.17, 15) is 4.79 Å². The average Bonchev–Trinajstić information content (AvgIpc) is 2.37. The van der Waals surface area contributed by atoms with E-state index in [4.69, 9.17) is 10.9 Å². The average molecular weight is 277 g/mol. The minimum Gasteiger partial charge on any atom is -0.409 e. The third kappa shape index (κ3) is 3.32. The molecule has 0 aromatic carbocycles. The van der Waals surface area contributed by atoms with Gasteiger partial charge in [0, 0.05) is 22.9 Å². The first kappa shape index (κ1) is 13.1. The zero-order valence-corrected chi connectivity index (χ0v) is 10.8. The zero-order chi connectivity index (χ0) is 13.8. The molecule has 0 unspecified atom stereocenters. The van der Waals surface area contributed by atoms with Gasteiger partial charge in [-0.05, 0) is 19.1 Å². The normalized spacial score (nSPS) is 11.5. The number of oxime groups is 1. The summed E-state index contributed by atoms with van der Waals surface area (Å²) in [5, 5.41) is 12.0. The van der Waals surface area contributed by atoms with Crippen LogP contribution < -0.4 is 11.3 Å². The first-order valence-electron chi connectivity index (χ1n) is 5.28. The van der Waals surface area contributed by atoms with Crippen molar-refractivity contribution in [1.29, 1.82) is 0 Å². The second kappa shape index (κ2) is 5.53. The third-order valence-electron chi connectivity index (χ3n) is 2.16. The molecule has 2 rings (SSSR count). The summed E-state index contributed by atoms with van der Waals surface area (Å²) in [6.45, 7) is 1.74. The van der Waals surface area contributed by atoms with Crippen LogP contribution in [0.1, 0.15) is 11.4 Å². The molecule has 0 aliphatic rings. The molecule has 0 spiro atoms. The highest BCUT2D eigenvalue weighted by Crippen LogP contribution is 2.23. The minimum absolute atomic E-state index is 0.0758. The Morgan fingerprint density at radius 1 is 1.53 bits per heavy atom. The molecule has 7 nitrogen and oxygen atoms in total. The predicted octanol–water partition coefficient (Wildman–Crippen LogP) is 0.719. The molecule has 2 aromatic rings. The summed E-state index contributed by atoms with van der Waals surface area (Å²) in [4.78, 5) is 22.9. The maximum atomic E-state index is 11.3. The topological polar surface area (TPSA) is 117 Å². The smallest absolute Gasteiger partial charge is 0.251 e. The van der Waals surface area contributed by atoms with Crippen LogP contribution in [0.2, 0.25) is 0 Å². The summed E-state index contributed by atoms with van der Waals surface area (Å²) in [7, 11) is 0. The van der Waals surface area contributed by atoms with Crippen molar-refractivity contribution in [3.63, 3.8) is 0 Å². The highest BCUT2D eigenvalue weighted by Gasteiger charge is 2.05. The van der Waals surface area contributed by atoms with Crippen LogP contribution in [0.15, 0.2) is 44.4 Å². The molecule has 0 aliphatic carbocycles. The van der Waals surface area contributed by atoms with E-state index in [0.717, 1.165) is 4.90 Å². The molecule has 2 heterocycles. The molecule has 0 radical (unpaired) electrons. The Hall–Kier alpha value is -2.35. The van der Waals surface area contributed by atoms with Crippen molar-refractivity contribution in [1.82, 2.24) is 15.0 Å². The Labute approximate surface area is 112 Å². The molecule has 8 heteroatoms. The Morgan fingerprint density at radius 3 is 3.00 bits per heavy atom. The van der Waals surface area contributed by atoms with Gasteiger partial charge in [-0.1, -0.05) is 16.9 Å². The Bertz CT molecular complexity index is 683. The van der Waals surface area contributed by atoms with E-state index in [1.54, 1.807) is 19.1 Å². The second-order valence-corrected chi connectivity index (χ2v) is 4.72. The van der Waals surface area contributed by atoms with Gasteiger partial charge in [0.25, 0.3) is 5.56 Å². The molecule has 2 aromatic heterocycles. The SMILES string of the molecule is Cc1cc(=O)[nH]c(Sc2ccnc(C(N)=NO)c2)n1. The molecule has 0 atom stereocenters. The van der Waals surface area contributed by atoms with Crippen LogP contribution in [0.5, 0.6) is 0 Å². The lowest BCUT2D eigenvalue weighted by atomic mass is 10.3. The van der Waals surface area contributed by atoms with Crippen molar-refractivity contribution < 1.29 is 5.21 Å². The summed E-state index contributed by atoms with van der Waals surface area (Å²) < 4.78 is 0. The molecule has 0 aliphatic heterocycles. The number of nitrogens with zero attached hydrogens (tertiary/aromatic N) is 3. The Morgan fingerprint density at radius 2 is 2.32 bits per heavy atom. The van der Waals surface area contributed by atoms with E-state index >= 15 is 0 Å². The Kier molecular flexibility index (Phi) is 3.81. The predicted molar refractivity (Wildman–Crippen MR) is 70.5 cm³/mol. The van der Waals surface area contributed by atoms with Crippen LogP contribution in [0.25, 0.3) is 0 Å². The molecule has 0 saturated heterocycles. The lowest BCUT2D eigenvalue weighted by molar-refractivity contribution is 0.318. The monoisotopic (exact) mass is 277 g/mol. The molecule has 98 valence electrons. The molecule has 0 amide bonds. The fourth-order valence-corrected chi connectivity index (χ4v) is 2.24. The summed E-state index contributed by atoms with van der Waals surface area (Å²) in [5.41, 5.74) is 6.24. The van der Waals surface area contributed by atoms with E-state index < -0.39 is 0 Å².